The highest BCUT2D eigenvalue weighted by atomic mass is 32.2. The van der Waals surface area contributed by atoms with E-state index in [1.54, 1.807) is 12.3 Å². The Hall–Kier alpha value is -2.15. The van der Waals surface area contributed by atoms with Gasteiger partial charge in [0.1, 0.15) is 11.4 Å². The summed E-state index contributed by atoms with van der Waals surface area (Å²) in [6.07, 6.45) is 0.114. The third kappa shape index (κ3) is 3.82. The molecule has 2 amide bonds. The van der Waals surface area contributed by atoms with Crippen LogP contribution in [0.15, 0.2) is 16.0 Å². The molecule has 1 aromatic rings. The summed E-state index contributed by atoms with van der Waals surface area (Å²) in [6, 6.07) is -0.152. The van der Waals surface area contributed by atoms with E-state index >= 15 is 0 Å². The van der Waals surface area contributed by atoms with Gasteiger partial charge in [0, 0.05) is 47.1 Å². The van der Waals surface area contributed by atoms with Crippen LogP contribution in [0, 0.1) is 11.8 Å². The fraction of sp³-hybridized carbons (Fsp3) is 0.619. The van der Waals surface area contributed by atoms with E-state index in [1.807, 2.05) is 6.92 Å². The molecule has 4 N–H and O–H groups in total. The highest BCUT2D eigenvalue weighted by Crippen LogP contribution is 2.52. The Bertz CT molecular complexity index is 1010. The van der Waals surface area contributed by atoms with Crippen LogP contribution in [-0.4, -0.2) is 87.5 Å². The molecule has 10 nitrogen and oxygen atoms in total. The third-order valence-corrected chi connectivity index (χ3v) is 9.20. The first-order chi connectivity index (χ1) is 15.8. The predicted octanol–water partition coefficient (Wildman–Crippen LogP) is 0.310. The minimum absolute atomic E-state index is 0.0625. The van der Waals surface area contributed by atoms with Crippen molar-refractivity contribution in [2.75, 3.05) is 31.1 Å². The molecular formula is C21H27N5O5S2. The lowest BCUT2D eigenvalue weighted by atomic mass is 9.79. The number of aromatic nitrogens is 1. The van der Waals surface area contributed by atoms with Crippen molar-refractivity contribution in [1.29, 1.82) is 0 Å². The van der Waals surface area contributed by atoms with Crippen LogP contribution in [0.5, 0.6) is 0 Å². The van der Waals surface area contributed by atoms with Crippen molar-refractivity contribution in [1.82, 2.24) is 20.5 Å². The summed E-state index contributed by atoms with van der Waals surface area (Å²) >= 11 is 2.93. The number of β-lactam (4-membered cyclic amide) rings is 1. The van der Waals surface area contributed by atoms with Gasteiger partial charge in [0.25, 0.3) is 5.91 Å². The molecule has 5 atom stereocenters. The van der Waals surface area contributed by atoms with Crippen LogP contribution in [0.3, 0.4) is 0 Å². The van der Waals surface area contributed by atoms with Crippen molar-refractivity contribution in [3.8, 4) is 0 Å². The number of amides is 2. The van der Waals surface area contributed by atoms with Crippen molar-refractivity contribution < 1.29 is 24.6 Å². The smallest absolute Gasteiger partial charge is 0.353 e. The van der Waals surface area contributed by atoms with Crippen molar-refractivity contribution in [2.45, 2.75) is 43.7 Å². The number of thiazole rings is 1. The van der Waals surface area contributed by atoms with Crippen LogP contribution in [0.1, 0.15) is 30.8 Å². The van der Waals surface area contributed by atoms with Gasteiger partial charge in [-0.2, -0.15) is 0 Å². The molecule has 5 heterocycles. The van der Waals surface area contributed by atoms with Gasteiger partial charge in [-0.25, -0.2) is 9.78 Å². The number of carboxylic acids is 1. The van der Waals surface area contributed by atoms with E-state index < -0.39 is 18.0 Å². The quantitative estimate of drug-likeness (QED) is 0.396. The maximum Gasteiger partial charge on any atom is 0.353 e. The first kappa shape index (κ1) is 22.6. The molecule has 0 saturated carbocycles. The largest absolute Gasteiger partial charge is 0.477 e. The summed E-state index contributed by atoms with van der Waals surface area (Å²) in [6.45, 7) is 6.57. The molecule has 0 bridgehead atoms. The zero-order valence-corrected chi connectivity index (χ0v) is 20.0. The fourth-order valence-corrected chi connectivity index (χ4v) is 7.42. The second-order valence-electron chi connectivity index (χ2n) is 9.10. The molecule has 4 aliphatic heterocycles. The molecule has 33 heavy (non-hydrogen) atoms. The molecule has 0 aromatic carbocycles. The number of thioether (sulfide) groups is 1. The van der Waals surface area contributed by atoms with E-state index in [2.05, 4.69) is 20.5 Å². The Labute approximate surface area is 199 Å². The predicted molar refractivity (Wildman–Crippen MR) is 124 cm³/mol. The number of carboxylic acid groups (broad SMARTS) is 1. The summed E-state index contributed by atoms with van der Waals surface area (Å²) in [5, 5.41) is 28.7. The number of fused-ring (bicyclic) bond motifs is 1. The maximum absolute atomic E-state index is 12.5. The molecule has 1 aromatic heterocycles. The van der Waals surface area contributed by atoms with Crippen LogP contribution in [0.25, 0.3) is 0 Å². The standard InChI is InChI=1S/C21H27N5O5S2/c1-9-15-14(10(2)27)19(29)26(15)16(20(30)31)17(9)33-12-6-25(7-12)21-24-13(8-32-21)18(28)23-11-3-4-22-5-11/h8-12,14-15,22,27H,3-7H2,1-2H3,(H,23,28)(H,30,31)/t9-,10-,11+,14-,15-/m1/s1. The Morgan fingerprint density at radius 3 is 2.79 bits per heavy atom. The monoisotopic (exact) mass is 493 g/mol. The van der Waals surface area contributed by atoms with Crippen LogP contribution in [0.4, 0.5) is 5.13 Å². The lowest BCUT2D eigenvalue weighted by molar-refractivity contribution is -0.163. The molecule has 178 valence electrons. The lowest BCUT2D eigenvalue weighted by Gasteiger charge is -2.46. The number of carbonyl (C=O) groups excluding carboxylic acids is 2. The molecule has 0 radical (unpaired) electrons. The minimum atomic E-state index is -1.10. The van der Waals surface area contributed by atoms with Gasteiger partial charge in [0.2, 0.25) is 5.91 Å². The van der Waals surface area contributed by atoms with Gasteiger partial charge < -0.3 is 30.6 Å². The average Bonchev–Trinajstić information content (AvgIpc) is 3.44. The van der Waals surface area contributed by atoms with Crippen LogP contribution < -0.4 is 15.5 Å². The normalized spacial score (nSPS) is 30.2. The second-order valence-corrected chi connectivity index (χ2v) is 11.3. The van der Waals surface area contributed by atoms with Crippen molar-refractivity contribution in [3.05, 3.63) is 21.7 Å². The molecule has 0 spiro atoms. The van der Waals surface area contributed by atoms with E-state index in [4.69, 9.17) is 0 Å². The number of aliphatic hydroxyl groups is 1. The Morgan fingerprint density at radius 2 is 2.15 bits per heavy atom. The van der Waals surface area contributed by atoms with Gasteiger partial charge in [0.05, 0.1) is 18.1 Å². The summed E-state index contributed by atoms with van der Waals surface area (Å²) in [5.41, 5.74) is 0.484. The second kappa shape index (κ2) is 8.57. The summed E-state index contributed by atoms with van der Waals surface area (Å²) in [4.78, 5) is 45.5. The van der Waals surface area contributed by atoms with Crippen LogP contribution in [-0.2, 0) is 9.59 Å². The molecule has 12 heteroatoms. The highest BCUT2D eigenvalue weighted by molar-refractivity contribution is 8.03. The van der Waals surface area contributed by atoms with Gasteiger partial charge in [-0.3, -0.25) is 9.59 Å². The lowest BCUT2D eigenvalue weighted by Crippen LogP contribution is -2.63. The summed E-state index contributed by atoms with van der Waals surface area (Å²) < 4.78 is 0. The molecule has 3 saturated heterocycles. The molecule has 3 fully saturated rings. The average molecular weight is 494 g/mol. The molecule has 4 aliphatic rings. The van der Waals surface area contributed by atoms with Gasteiger partial charge in [0.15, 0.2) is 5.13 Å². The van der Waals surface area contributed by atoms with Gasteiger partial charge in [-0.05, 0) is 19.9 Å². The van der Waals surface area contributed by atoms with Gasteiger partial charge in [-0.1, -0.05) is 6.92 Å². The summed E-state index contributed by atoms with van der Waals surface area (Å²) in [5.74, 6) is -2.26. The molecule has 0 unspecified atom stereocenters. The van der Waals surface area contributed by atoms with E-state index in [1.165, 1.54) is 28.0 Å². The van der Waals surface area contributed by atoms with Gasteiger partial charge >= 0.3 is 5.97 Å². The molecular weight excluding hydrogens is 466 g/mol. The number of anilines is 1. The number of carbonyl (C=O) groups is 3. The number of aliphatic carboxylic acids is 1. The number of hydrogen-bond donors (Lipinski definition) is 4. The van der Waals surface area contributed by atoms with E-state index in [-0.39, 0.29) is 40.8 Å². The maximum atomic E-state index is 12.5. The van der Waals surface area contributed by atoms with E-state index in [9.17, 15) is 24.6 Å². The fourth-order valence-electron chi connectivity index (χ4n) is 5.08. The number of nitrogens with zero attached hydrogens (tertiary/aromatic N) is 3. The van der Waals surface area contributed by atoms with Gasteiger partial charge in [-0.15, -0.1) is 23.1 Å². The van der Waals surface area contributed by atoms with Crippen LogP contribution in [0.2, 0.25) is 0 Å². The summed E-state index contributed by atoms with van der Waals surface area (Å²) in [7, 11) is 0. The number of nitrogens with one attached hydrogen (secondary N) is 2. The highest BCUT2D eigenvalue weighted by Gasteiger charge is 2.60. The molecule has 0 aliphatic carbocycles. The SMILES string of the molecule is C[C@@H](O)[C@H]1C(=O)N2C(C(=O)O)=C(SC3CN(c4nc(C(=O)N[C@H]5CCNC5)cs4)C3)[C@H](C)[C@H]12. The van der Waals surface area contributed by atoms with Crippen LogP contribution >= 0.6 is 23.1 Å². The van der Waals surface area contributed by atoms with E-state index in [0.29, 0.717) is 23.7 Å². The Morgan fingerprint density at radius 1 is 1.39 bits per heavy atom. The van der Waals surface area contributed by atoms with E-state index in [0.717, 1.165) is 24.6 Å². The zero-order chi connectivity index (χ0) is 23.4. The zero-order valence-electron chi connectivity index (χ0n) is 18.4. The number of hydrogen-bond acceptors (Lipinski definition) is 9. The first-order valence-electron chi connectivity index (χ1n) is 11.1. The topological polar surface area (TPSA) is 135 Å². The van der Waals surface area contributed by atoms with Crippen molar-refractivity contribution >= 4 is 46.0 Å². The number of aliphatic hydroxyl groups excluding tert-OH is 1. The molecule has 5 rings (SSSR count). The third-order valence-electron chi connectivity index (χ3n) is 6.84. The minimum Gasteiger partial charge on any atom is -0.477 e. The Kier molecular flexibility index (Phi) is 5.88. The van der Waals surface area contributed by atoms with Crippen molar-refractivity contribution in [3.63, 3.8) is 0 Å². The first-order valence-corrected chi connectivity index (χ1v) is 12.9. The Balaban J connectivity index is 1.21. The van der Waals surface area contributed by atoms with Crippen molar-refractivity contribution in [2.24, 2.45) is 11.8 Å². The number of rotatable bonds is 7.